The third kappa shape index (κ3) is 8.14. The summed E-state index contributed by atoms with van der Waals surface area (Å²) in [5.74, 6) is 0.705. The van der Waals surface area contributed by atoms with E-state index < -0.39 is 0 Å². The van der Waals surface area contributed by atoms with Crippen molar-refractivity contribution < 1.29 is 4.42 Å². The average molecular weight is 958 g/mol. The van der Waals surface area contributed by atoms with E-state index in [9.17, 15) is 0 Å². The van der Waals surface area contributed by atoms with Crippen LogP contribution < -0.4 is 5.32 Å². The fraction of sp³-hybridized carbons (Fsp3) is 0.167. The number of hydrogen-bond acceptors (Lipinski definition) is 2. The van der Waals surface area contributed by atoms with Crippen LogP contribution >= 0.6 is 0 Å². The maximum Gasteiger partial charge on any atom is 0.135 e. The molecule has 0 aliphatic heterocycles. The first kappa shape index (κ1) is 46.8. The fourth-order valence-electron chi connectivity index (χ4n) is 12.2. The summed E-state index contributed by atoms with van der Waals surface area (Å²) in [5, 5.41) is 5.99. The van der Waals surface area contributed by atoms with Crippen molar-refractivity contribution in [3.8, 4) is 55.6 Å². The molecule has 0 spiro atoms. The van der Waals surface area contributed by atoms with E-state index in [1.165, 1.54) is 119 Å². The molecule has 3 aliphatic rings. The lowest BCUT2D eigenvalue weighted by molar-refractivity contribution is 0.420. The zero-order chi connectivity index (χ0) is 50.7. The number of allylic oxidation sites excluding steroid dienone is 5. The second kappa shape index (κ2) is 18.7. The van der Waals surface area contributed by atoms with Crippen LogP contribution in [0.1, 0.15) is 93.2 Å². The van der Waals surface area contributed by atoms with Gasteiger partial charge in [-0.05, 0) is 193 Å². The van der Waals surface area contributed by atoms with Crippen molar-refractivity contribution in [2.24, 2.45) is 0 Å². The minimum atomic E-state index is -0.0973. The predicted octanol–water partition coefficient (Wildman–Crippen LogP) is 20.4. The largest absolute Gasteiger partial charge is 0.456 e. The van der Waals surface area contributed by atoms with Gasteiger partial charge < -0.3 is 9.73 Å². The minimum Gasteiger partial charge on any atom is -0.456 e. The molecule has 2 heteroatoms. The predicted molar refractivity (Wildman–Crippen MR) is 315 cm³/mol. The lowest BCUT2D eigenvalue weighted by Gasteiger charge is -2.28. The molecular weight excluding hydrogens is 895 g/mol. The highest BCUT2D eigenvalue weighted by Crippen LogP contribution is 2.52. The maximum absolute atomic E-state index is 5.99. The number of furan rings is 1. The van der Waals surface area contributed by atoms with Gasteiger partial charge in [0.2, 0.25) is 0 Å². The summed E-state index contributed by atoms with van der Waals surface area (Å²) in [6.45, 7) is 17.7. The van der Waals surface area contributed by atoms with Crippen LogP contribution in [0.3, 0.4) is 0 Å². The van der Waals surface area contributed by atoms with E-state index in [4.69, 9.17) is 4.42 Å². The molecule has 1 saturated carbocycles. The van der Waals surface area contributed by atoms with E-state index in [0.29, 0.717) is 5.92 Å². The first-order valence-corrected chi connectivity index (χ1v) is 26.5. The molecule has 9 aromatic carbocycles. The lowest BCUT2D eigenvalue weighted by Crippen LogP contribution is -2.16. The minimum absolute atomic E-state index is 0.0611. The summed E-state index contributed by atoms with van der Waals surface area (Å²) >= 11 is 0. The van der Waals surface area contributed by atoms with E-state index in [-0.39, 0.29) is 10.8 Å². The zero-order valence-electron chi connectivity index (χ0n) is 43.5. The van der Waals surface area contributed by atoms with Crippen LogP contribution in [0.25, 0.3) is 83.1 Å². The van der Waals surface area contributed by atoms with Crippen LogP contribution in [0, 0.1) is 6.92 Å². The molecule has 362 valence electrons. The van der Waals surface area contributed by atoms with Gasteiger partial charge in [-0.2, -0.15) is 0 Å². The summed E-state index contributed by atoms with van der Waals surface area (Å²) < 4.78 is 5.99. The van der Waals surface area contributed by atoms with E-state index in [0.717, 1.165) is 33.3 Å². The fourth-order valence-corrected chi connectivity index (χ4v) is 12.2. The van der Waals surface area contributed by atoms with Crippen LogP contribution in [0.15, 0.2) is 229 Å². The Hall–Kier alpha value is -8.20. The van der Waals surface area contributed by atoms with Gasteiger partial charge >= 0.3 is 0 Å². The van der Waals surface area contributed by atoms with Crippen molar-refractivity contribution in [3.63, 3.8) is 0 Å². The van der Waals surface area contributed by atoms with Gasteiger partial charge in [-0.3, -0.25) is 0 Å². The summed E-state index contributed by atoms with van der Waals surface area (Å²) in [7, 11) is 0. The number of benzene rings is 9. The zero-order valence-corrected chi connectivity index (χ0v) is 43.5. The molecule has 0 radical (unpaired) electrons. The normalized spacial score (nSPS) is 15.1. The van der Waals surface area contributed by atoms with Crippen molar-refractivity contribution in [2.75, 3.05) is 5.32 Å². The van der Waals surface area contributed by atoms with Crippen molar-refractivity contribution in [1.82, 2.24) is 0 Å². The maximum atomic E-state index is 5.99. The molecule has 13 rings (SSSR count). The summed E-state index contributed by atoms with van der Waals surface area (Å²) in [4.78, 5) is 0. The number of rotatable bonds is 9. The highest BCUT2D eigenvalue weighted by Gasteiger charge is 2.37. The molecule has 0 amide bonds. The van der Waals surface area contributed by atoms with Gasteiger partial charge in [-0.25, -0.2) is 0 Å². The summed E-state index contributed by atoms with van der Waals surface area (Å²) in [6.07, 6.45) is 10.3. The Kier molecular flexibility index (Phi) is 11.8. The van der Waals surface area contributed by atoms with Crippen LogP contribution in [0.4, 0.5) is 11.4 Å². The molecule has 0 saturated heterocycles. The first-order chi connectivity index (χ1) is 36.0. The molecule has 74 heavy (non-hydrogen) atoms. The van der Waals surface area contributed by atoms with Gasteiger partial charge in [-0.15, -0.1) is 0 Å². The molecular formula is C72H63NO. The Morgan fingerprint density at radius 1 is 0.486 bits per heavy atom. The molecule has 3 aliphatic carbocycles. The van der Waals surface area contributed by atoms with E-state index in [1.54, 1.807) is 0 Å². The number of anilines is 2. The molecule has 1 N–H and O–H groups in total. The third-order valence-corrected chi connectivity index (χ3v) is 16.5. The Labute approximate surface area is 437 Å². The van der Waals surface area contributed by atoms with Crippen molar-refractivity contribution in [1.29, 1.82) is 0 Å². The summed E-state index contributed by atoms with van der Waals surface area (Å²) in [5.41, 5.74) is 27.7. The molecule has 0 unspecified atom stereocenters. The van der Waals surface area contributed by atoms with Crippen molar-refractivity contribution in [2.45, 2.75) is 77.6 Å². The molecule has 0 bridgehead atoms. The number of hydrogen-bond donors (Lipinski definition) is 1. The molecule has 10 aromatic rings. The van der Waals surface area contributed by atoms with Crippen LogP contribution in [0.2, 0.25) is 0 Å². The molecule has 1 aromatic heterocycles. The lowest BCUT2D eigenvalue weighted by atomic mass is 9.76. The molecule has 1 heterocycles. The van der Waals surface area contributed by atoms with Crippen molar-refractivity contribution in [3.05, 3.63) is 258 Å². The van der Waals surface area contributed by atoms with Crippen LogP contribution in [-0.4, -0.2) is 0 Å². The Balaban J connectivity index is 0.000000165. The van der Waals surface area contributed by atoms with Crippen LogP contribution in [0.5, 0.6) is 0 Å². The highest BCUT2D eigenvalue weighted by atomic mass is 16.3. The Bertz CT molecular complexity index is 3870. The number of para-hydroxylation sites is 1. The van der Waals surface area contributed by atoms with E-state index >= 15 is 0 Å². The number of nitrogens with one attached hydrogen (secondary N) is 1. The van der Waals surface area contributed by atoms with Crippen LogP contribution in [-0.2, 0) is 10.8 Å². The monoisotopic (exact) mass is 957 g/mol. The summed E-state index contributed by atoms with van der Waals surface area (Å²) in [6, 6.07) is 70.9. The third-order valence-electron chi connectivity index (χ3n) is 16.5. The average Bonchev–Trinajstić information content (AvgIpc) is 3.97. The standard InChI is InChI=1S/C44H39N.C28H24O/c1-29-16-17-33(26-41(29)38-15-8-7-14-37(38)32-12-9-13-32)34-20-24-39-40-25-23-36(28-43(40)44(2,3)42(39)27-34)45-35-21-18-31(19-22-35)30-10-5-4-6-11-30;1-5-9-20-21-14-12-19(17-25(21)28(3,4)24(20)6-2)18-13-15-27-23(16-18)22-10-7-8-11-26(22)29-27/h4-8,10-11,14-28,32,45H,9,12-13H2,1-3H3;5-17H,2H2,1,3-4H3/b;9-5-. The Morgan fingerprint density at radius 2 is 1.05 bits per heavy atom. The number of fused-ring (bicyclic) bond motifs is 7. The van der Waals surface area contributed by atoms with E-state index in [2.05, 4.69) is 248 Å². The van der Waals surface area contributed by atoms with Gasteiger partial charge in [0, 0.05) is 33.0 Å². The van der Waals surface area contributed by atoms with Crippen molar-refractivity contribution >= 4 is 38.9 Å². The highest BCUT2D eigenvalue weighted by molar-refractivity contribution is 6.06. The quantitative estimate of drug-likeness (QED) is 0.156. The van der Waals surface area contributed by atoms with Gasteiger partial charge in [0.25, 0.3) is 0 Å². The van der Waals surface area contributed by atoms with E-state index in [1.807, 2.05) is 18.2 Å². The molecule has 2 nitrogen and oxygen atoms in total. The second-order valence-corrected chi connectivity index (χ2v) is 21.7. The molecule has 1 fully saturated rings. The SMILES string of the molecule is C=CC1=C(/C=C\C)c2ccc(-c3ccc4oc5ccccc5c4c3)cc2C1(C)C.Cc1ccc(-c2ccc3c(c2)C(C)(C)c2cc(Nc4ccc(-c5ccccc5)cc4)ccc2-3)cc1-c1ccccc1C1CCC1. The van der Waals surface area contributed by atoms with Gasteiger partial charge in [-0.1, -0.05) is 192 Å². The van der Waals surface area contributed by atoms with Gasteiger partial charge in [0.1, 0.15) is 11.2 Å². The second-order valence-electron chi connectivity index (χ2n) is 21.7. The first-order valence-electron chi connectivity index (χ1n) is 26.5. The van der Waals surface area contributed by atoms with Gasteiger partial charge in [0.15, 0.2) is 0 Å². The number of aryl methyl sites for hydroxylation is 1. The smallest absolute Gasteiger partial charge is 0.135 e. The van der Waals surface area contributed by atoms with Gasteiger partial charge in [0.05, 0.1) is 0 Å². The molecule has 0 atom stereocenters. The Morgan fingerprint density at radius 3 is 1.78 bits per heavy atom. The topological polar surface area (TPSA) is 25.2 Å².